The lowest BCUT2D eigenvalue weighted by molar-refractivity contribution is -0.134. The first-order chi connectivity index (χ1) is 13.8. The number of fused-ring (bicyclic) bond motifs is 1. The average Bonchev–Trinajstić information content (AvgIpc) is 2.97. The molecule has 9 heteroatoms. The fraction of sp³-hybridized carbons (Fsp3) is 0.250. The molecule has 2 amide bonds. The molecule has 0 N–H and O–H groups in total. The van der Waals surface area contributed by atoms with E-state index in [1.807, 2.05) is 0 Å². The molecule has 0 unspecified atom stereocenters. The molecule has 0 radical (unpaired) electrons. The highest BCUT2D eigenvalue weighted by Crippen LogP contribution is 2.58. The number of rotatable bonds is 1. The third kappa shape index (κ3) is 2.05. The zero-order valence-corrected chi connectivity index (χ0v) is 14.4. The first kappa shape index (κ1) is 18.0. The van der Waals surface area contributed by atoms with E-state index in [1.165, 1.54) is 0 Å². The second kappa shape index (κ2) is 5.71. The van der Waals surface area contributed by atoms with Gasteiger partial charge in [-0.05, 0) is 11.1 Å². The van der Waals surface area contributed by atoms with Crippen molar-refractivity contribution in [2.24, 2.45) is 11.8 Å². The number of benzene rings is 2. The van der Waals surface area contributed by atoms with Gasteiger partial charge in [0.15, 0.2) is 23.3 Å². The van der Waals surface area contributed by atoms with Crippen LogP contribution in [0.15, 0.2) is 24.3 Å². The summed E-state index contributed by atoms with van der Waals surface area (Å²) in [5.41, 5.74) is -0.365. The summed E-state index contributed by atoms with van der Waals surface area (Å²) in [5, 5.41) is 0. The van der Waals surface area contributed by atoms with E-state index < -0.39 is 70.3 Å². The van der Waals surface area contributed by atoms with Crippen LogP contribution in [0.4, 0.5) is 27.6 Å². The number of Topliss-reactive ketones (excluding diaryl/α,β-unsaturated/α-hetero) is 1. The standard InChI is InChI=1S/C20H10F5NO3/c21-13-14(22)16(24)18(17(25)15(13)23)26-19(28)11-8-5-9(27)10(12(11)20(26)29)7-4-2-1-3-6(7)8/h1-4,8,10-12H,5H2/t8-,10-,11+,12-/m0/s1. The van der Waals surface area contributed by atoms with Crippen LogP contribution in [0.3, 0.4) is 0 Å². The summed E-state index contributed by atoms with van der Waals surface area (Å²) >= 11 is 0. The van der Waals surface area contributed by atoms with Crippen molar-refractivity contribution < 1.29 is 36.3 Å². The summed E-state index contributed by atoms with van der Waals surface area (Å²) in [6, 6.07) is 6.70. The van der Waals surface area contributed by atoms with Gasteiger partial charge in [0, 0.05) is 12.3 Å². The van der Waals surface area contributed by atoms with Crippen molar-refractivity contribution in [1.82, 2.24) is 0 Å². The van der Waals surface area contributed by atoms with E-state index in [1.54, 1.807) is 24.3 Å². The molecular weight excluding hydrogens is 397 g/mol. The minimum Gasteiger partial charge on any atom is -0.299 e. The van der Waals surface area contributed by atoms with Crippen LogP contribution in [0.25, 0.3) is 0 Å². The number of hydrogen-bond donors (Lipinski definition) is 0. The Labute approximate surface area is 159 Å². The van der Waals surface area contributed by atoms with Crippen LogP contribution in [0.2, 0.25) is 0 Å². The van der Waals surface area contributed by atoms with Gasteiger partial charge in [-0.1, -0.05) is 24.3 Å². The monoisotopic (exact) mass is 407 g/mol. The fourth-order valence-electron chi connectivity index (χ4n) is 4.97. The number of hydrogen-bond acceptors (Lipinski definition) is 3. The molecule has 4 aliphatic rings. The van der Waals surface area contributed by atoms with Crippen LogP contribution in [0, 0.1) is 40.9 Å². The number of ketones is 1. The minimum absolute atomic E-state index is 0.0239. The molecule has 2 aromatic carbocycles. The molecule has 0 spiro atoms. The normalized spacial score (nSPS) is 27.5. The van der Waals surface area contributed by atoms with Crippen molar-refractivity contribution >= 4 is 23.3 Å². The Morgan fingerprint density at radius 1 is 0.724 bits per heavy atom. The summed E-state index contributed by atoms with van der Waals surface area (Å²) in [5.74, 6) is -18.0. The maximum absolute atomic E-state index is 14.3. The summed E-state index contributed by atoms with van der Waals surface area (Å²) in [6.45, 7) is 0. The molecule has 148 valence electrons. The summed E-state index contributed by atoms with van der Waals surface area (Å²) in [4.78, 5) is 38.5. The largest absolute Gasteiger partial charge is 0.299 e. The van der Waals surface area contributed by atoms with Crippen LogP contribution in [0.1, 0.15) is 29.4 Å². The molecule has 2 aromatic rings. The van der Waals surface area contributed by atoms with Crippen LogP contribution in [-0.4, -0.2) is 17.6 Å². The Kier molecular flexibility index (Phi) is 3.54. The van der Waals surface area contributed by atoms with Gasteiger partial charge < -0.3 is 0 Å². The lowest BCUT2D eigenvalue weighted by atomic mass is 9.56. The smallest absolute Gasteiger partial charge is 0.238 e. The fourth-order valence-corrected chi connectivity index (χ4v) is 4.97. The molecule has 2 bridgehead atoms. The Hall–Kier alpha value is -3.10. The van der Waals surface area contributed by atoms with E-state index in [-0.39, 0.29) is 17.1 Å². The molecule has 1 heterocycles. The number of halogens is 5. The van der Waals surface area contributed by atoms with Gasteiger partial charge in [0.1, 0.15) is 11.5 Å². The lowest BCUT2D eigenvalue weighted by Gasteiger charge is -2.43. The second-order valence-electron chi connectivity index (χ2n) is 7.37. The molecular formula is C20H10F5NO3. The highest BCUT2D eigenvalue weighted by atomic mass is 19.2. The van der Waals surface area contributed by atoms with Gasteiger partial charge in [0.25, 0.3) is 0 Å². The number of amides is 2. The van der Waals surface area contributed by atoms with E-state index in [0.29, 0.717) is 11.1 Å². The third-order valence-corrected chi connectivity index (χ3v) is 6.10. The molecule has 29 heavy (non-hydrogen) atoms. The number of carbonyl (C=O) groups excluding carboxylic acids is 3. The molecule has 3 aliphatic carbocycles. The van der Waals surface area contributed by atoms with E-state index in [2.05, 4.69) is 0 Å². The molecule has 1 aliphatic heterocycles. The first-order valence-corrected chi connectivity index (χ1v) is 8.76. The van der Waals surface area contributed by atoms with Crippen molar-refractivity contribution in [3.05, 3.63) is 64.5 Å². The van der Waals surface area contributed by atoms with Gasteiger partial charge in [-0.25, -0.2) is 26.9 Å². The minimum atomic E-state index is -2.39. The van der Waals surface area contributed by atoms with Crippen LogP contribution in [0.5, 0.6) is 0 Å². The average molecular weight is 407 g/mol. The summed E-state index contributed by atoms with van der Waals surface area (Å²) < 4.78 is 69.3. The molecule has 4 atom stereocenters. The lowest BCUT2D eigenvalue weighted by Crippen LogP contribution is -2.44. The third-order valence-electron chi connectivity index (χ3n) is 6.10. The maximum atomic E-state index is 14.3. The Bertz CT molecular complexity index is 1120. The predicted octanol–water partition coefficient (Wildman–Crippen LogP) is 3.34. The maximum Gasteiger partial charge on any atom is 0.238 e. The summed E-state index contributed by atoms with van der Waals surface area (Å²) in [7, 11) is 0. The van der Waals surface area contributed by atoms with Crippen molar-refractivity contribution in [2.75, 3.05) is 4.90 Å². The topological polar surface area (TPSA) is 54.5 Å². The van der Waals surface area contributed by atoms with Gasteiger partial charge in [-0.3, -0.25) is 14.4 Å². The molecule has 4 nitrogen and oxygen atoms in total. The van der Waals surface area contributed by atoms with Gasteiger partial charge in [-0.2, -0.15) is 0 Å². The van der Waals surface area contributed by atoms with Crippen molar-refractivity contribution in [2.45, 2.75) is 18.3 Å². The summed E-state index contributed by atoms with van der Waals surface area (Å²) in [6.07, 6.45) is -0.0349. The van der Waals surface area contributed by atoms with Crippen LogP contribution < -0.4 is 4.90 Å². The number of nitrogens with zero attached hydrogens (tertiary/aromatic N) is 1. The Morgan fingerprint density at radius 2 is 1.24 bits per heavy atom. The quantitative estimate of drug-likeness (QED) is 0.315. The molecule has 6 rings (SSSR count). The van der Waals surface area contributed by atoms with E-state index in [0.717, 1.165) is 0 Å². The van der Waals surface area contributed by atoms with Crippen molar-refractivity contribution in [1.29, 1.82) is 0 Å². The Balaban J connectivity index is 1.71. The SMILES string of the molecule is O=C1C[C@H]2c3ccccc3[C@@H]1[C@@H]1C(=O)N(c3c(F)c(F)c(F)c(F)c3F)C(=O)[C@@H]12. The number of imide groups is 1. The van der Waals surface area contributed by atoms with E-state index in [4.69, 9.17) is 0 Å². The van der Waals surface area contributed by atoms with E-state index >= 15 is 0 Å². The zero-order chi connectivity index (χ0) is 20.8. The number of anilines is 1. The van der Waals surface area contributed by atoms with Gasteiger partial charge in [-0.15, -0.1) is 0 Å². The highest BCUT2D eigenvalue weighted by molar-refractivity contribution is 6.24. The predicted molar refractivity (Wildman–Crippen MR) is 87.3 cm³/mol. The van der Waals surface area contributed by atoms with Gasteiger partial charge in [0.2, 0.25) is 17.6 Å². The highest BCUT2D eigenvalue weighted by Gasteiger charge is 2.63. The number of carbonyl (C=O) groups is 3. The molecule has 1 saturated heterocycles. The zero-order valence-electron chi connectivity index (χ0n) is 14.4. The van der Waals surface area contributed by atoms with Crippen molar-refractivity contribution in [3.8, 4) is 0 Å². The van der Waals surface area contributed by atoms with E-state index in [9.17, 15) is 36.3 Å². The Morgan fingerprint density at radius 3 is 1.86 bits per heavy atom. The van der Waals surface area contributed by atoms with Crippen molar-refractivity contribution in [3.63, 3.8) is 0 Å². The second-order valence-corrected chi connectivity index (χ2v) is 7.37. The van der Waals surface area contributed by atoms with Crippen LogP contribution in [-0.2, 0) is 14.4 Å². The molecule has 1 saturated carbocycles. The van der Waals surface area contributed by atoms with Crippen LogP contribution >= 0.6 is 0 Å². The first-order valence-electron chi connectivity index (χ1n) is 8.76. The molecule has 0 aromatic heterocycles. The van der Waals surface area contributed by atoms with Gasteiger partial charge in [0.05, 0.1) is 17.8 Å². The van der Waals surface area contributed by atoms with Gasteiger partial charge >= 0.3 is 0 Å². The molecule has 2 fully saturated rings.